The Bertz CT molecular complexity index is 216. The van der Waals surface area contributed by atoms with E-state index in [1.165, 1.54) is 0 Å². The van der Waals surface area contributed by atoms with Crippen molar-refractivity contribution in [3.8, 4) is 6.07 Å². The highest BCUT2D eigenvalue weighted by Gasteiger charge is 1.85. The van der Waals surface area contributed by atoms with E-state index in [1.807, 2.05) is 6.07 Å². The lowest BCUT2D eigenvalue weighted by molar-refractivity contribution is 1.20. The fourth-order valence-corrected chi connectivity index (χ4v) is 0.531. The van der Waals surface area contributed by atoms with E-state index < -0.39 is 0 Å². The Labute approximate surface area is 53.8 Å². The van der Waals surface area contributed by atoms with Gasteiger partial charge in [0.1, 0.15) is 0 Å². The van der Waals surface area contributed by atoms with Gasteiger partial charge in [-0.15, -0.1) is 0 Å². The van der Waals surface area contributed by atoms with Crippen molar-refractivity contribution in [3.63, 3.8) is 0 Å². The molecule has 9 heavy (non-hydrogen) atoms. The molecule has 0 fully saturated rings. The number of nitrogens with one attached hydrogen (secondary N) is 1. The zero-order chi connectivity index (χ0) is 6.53. The molecule has 1 heterocycles. The first kappa shape index (κ1) is 5.64. The molecule has 0 saturated heterocycles. The van der Waals surface area contributed by atoms with Crippen LogP contribution >= 0.6 is 0 Å². The van der Waals surface area contributed by atoms with Crippen LogP contribution in [0.25, 0.3) is 0 Å². The number of nitrogens with zero attached hydrogens (tertiary/aromatic N) is 1. The molecule has 0 bridgehead atoms. The van der Waals surface area contributed by atoms with Gasteiger partial charge in [-0.2, -0.15) is 5.26 Å². The summed E-state index contributed by atoms with van der Waals surface area (Å²) in [6.07, 6.45) is 8.74. The summed E-state index contributed by atoms with van der Waals surface area (Å²) < 4.78 is 0. The second kappa shape index (κ2) is 2.73. The minimum Gasteiger partial charge on any atom is -0.368 e. The average Bonchev–Trinajstić information content (AvgIpc) is 2.13. The van der Waals surface area contributed by atoms with Crippen LogP contribution in [0.5, 0.6) is 0 Å². The molecular weight excluding hydrogens is 112 g/mol. The van der Waals surface area contributed by atoms with Crippen LogP contribution in [0.1, 0.15) is 0 Å². The molecule has 0 spiro atoms. The van der Waals surface area contributed by atoms with Crippen LogP contribution in [0.15, 0.2) is 36.2 Å². The lowest BCUT2D eigenvalue weighted by Crippen LogP contribution is -1.87. The molecular formula is C7H6N2. The quantitative estimate of drug-likeness (QED) is 0.516. The molecule has 0 aromatic rings. The van der Waals surface area contributed by atoms with E-state index in [0.29, 0.717) is 5.57 Å². The number of hydrogen-bond acceptors (Lipinski definition) is 2. The SMILES string of the molecule is N#CC1=CC=CNC=C1. The third-order valence-electron chi connectivity index (χ3n) is 0.956. The molecule has 0 aromatic carbocycles. The summed E-state index contributed by atoms with van der Waals surface area (Å²) in [5, 5.41) is 11.2. The van der Waals surface area contributed by atoms with Crippen molar-refractivity contribution in [1.29, 1.82) is 5.26 Å². The summed E-state index contributed by atoms with van der Waals surface area (Å²) in [7, 11) is 0. The van der Waals surface area contributed by atoms with Crippen molar-refractivity contribution < 1.29 is 0 Å². The minimum atomic E-state index is 0.663. The Balaban J connectivity index is 2.82. The van der Waals surface area contributed by atoms with Gasteiger partial charge in [0.15, 0.2) is 0 Å². The molecule has 1 rings (SSSR count). The van der Waals surface area contributed by atoms with Gasteiger partial charge < -0.3 is 5.32 Å². The highest BCUT2D eigenvalue weighted by molar-refractivity contribution is 5.37. The predicted molar refractivity (Wildman–Crippen MR) is 35.1 cm³/mol. The number of hydrogen-bond donors (Lipinski definition) is 1. The van der Waals surface area contributed by atoms with Crippen LogP contribution in [0, 0.1) is 11.3 Å². The third-order valence-corrected chi connectivity index (χ3v) is 0.956. The summed E-state index contributed by atoms with van der Waals surface area (Å²) in [5.41, 5.74) is 0.663. The van der Waals surface area contributed by atoms with Crippen molar-refractivity contribution >= 4 is 0 Å². The Kier molecular flexibility index (Phi) is 1.71. The average molecular weight is 118 g/mol. The molecule has 0 aliphatic carbocycles. The summed E-state index contributed by atoms with van der Waals surface area (Å²) in [6, 6.07) is 2.03. The molecule has 0 amide bonds. The van der Waals surface area contributed by atoms with Crippen molar-refractivity contribution in [3.05, 3.63) is 36.2 Å². The van der Waals surface area contributed by atoms with Crippen LogP contribution in [0.4, 0.5) is 0 Å². The molecule has 44 valence electrons. The Morgan fingerprint density at radius 3 is 3.11 bits per heavy atom. The first-order valence-corrected chi connectivity index (χ1v) is 2.63. The summed E-state index contributed by atoms with van der Waals surface area (Å²) >= 11 is 0. The monoisotopic (exact) mass is 118 g/mol. The highest BCUT2D eigenvalue weighted by Crippen LogP contribution is 1.96. The van der Waals surface area contributed by atoms with Crippen LogP contribution in [-0.4, -0.2) is 0 Å². The van der Waals surface area contributed by atoms with Gasteiger partial charge in [-0.25, -0.2) is 0 Å². The molecule has 1 aliphatic heterocycles. The predicted octanol–water partition coefficient (Wildman–Crippen LogP) is 1.07. The zero-order valence-corrected chi connectivity index (χ0v) is 4.83. The van der Waals surface area contributed by atoms with Gasteiger partial charge in [-0.05, 0) is 18.2 Å². The van der Waals surface area contributed by atoms with Gasteiger partial charge in [0.05, 0.1) is 11.6 Å². The molecule has 0 saturated carbocycles. The third kappa shape index (κ3) is 1.46. The molecule has 0 unspecified atom stereocenters. The first-order valence-electron chi connectivity index (χ1n) is 2.63. The topological polar surface area (TPSA) is 35.8 Å². The first-order chi connectivity index (χ1) is 4.43. The minimum absolute atomic E-state index is 0.663. The van der Waals surface area contributed by atoms with Crippen LogP contribution in [0.3, 0.4) is 0 Å². The second-order valence-electron chi connectivity index (χ2n) is 1.59. The Hall–Kier alpha value is -1.49. The fraction of sp³-hybridized carbons (Fsp3) is 0. The number of allylic oxidation sites excluding steroid dienone is 4. The Morgan fingerprint density at radius 1 is 1.44 bits per heavy atom. The normalized spacial score (nSPS) is 15.2. The van der Waals surface area contributed by atoms with Gasteiger partial charge >= 0.3 is 0 Å². The van der Waals surface area contributed by atoms with Crippen molar-refractivity contribution in [2.24, 2.45) is 0 Å². The smallest absolute Gasteiger partial charge is 0.0992 e. The van der Waals surface area contributed by atoms with Gasteiger partial charge in [0.2, 0.25) is 0 Å². The number of rotatable bonds is 0. The molecule has 1 N–H and O–H groups in total. The van der Waals surface area contributed by atoms with Gasteiger partial charge in [-0.1, -0.05) is 0 Å². The molecule has 0 radical (unpaired) electrons. The van der Waals surface area contributed by atoms with E-state index >= 15 is 0 Å². The fourth-order valence-electron chi connectivity index (χ4n) is 0.531. The molecule has 2 nitrogen and oxygen atoms in total. The molecule has 2 heteroatoms. The van der Waals surface area contributed by atoms with E-state index in [-0.39, 0.29) is 0 Å². The van der Waals surface area contributed by atoms with Crippen LogP contribution < -0.4 is 5.32 Å². The van der Waals surface area contributed by atoms with E-state index in [1.54, 1.807) is 30.6 Å². The van der Waals surface area contributed by atoms with Crippen LogP contribution in [-0.2, 0) is 0 Å². The maximum atomic E-state index is 8.38. The summed E-state index contributed by atoms with van der Waals surface area (Å²) in [6.45, 7) is 0. The lowest BCUT2D eigenvalue weighted by Gasteiger charge is -1.80. The maximum Gasteiger partial charge on any atom is 0.0992 e. The van der Waals surface area contributed by atoms with Crippen LogP contribution in [0.2, 0.25) is 0 Å². The van der Waals surface area contributed by atoms with Crippen molar-refractivity contribution in [2.45, 2.75) is 0 Å². The summed E-state index contributed by atoms with van der Waals surface area (Å²) in [4.78, 5) is 0. The largest absolute Gasteiger partial charge is 0.368 e. The molecule has 0 atom stereocenters. The zero-order valence-electron chi connectivity index (χ0n) is 4.83. The van der Waals surface area contributed by atoms with Crippen molar-refractivity contribution in [2.75, 3.05) is 0 Å². The van der Waals surface area contributed by atoms with Gasteiger partial charge in [0, 0.05) is 12.4 Å². The second-order valence-corrected chi connectivity index (χ2v) is 1.59. The van der Waals surface area contributed by atoms with E-state index in [4.69, 9.17) is 5.26 Å². The van der Waals surface area contributed by atoms with E-state index in [2.05, 4.69) is 5.32 Å². The van der Waals surface area contributed by atoms with Gasteiger partial charge in [0.25, 0.3) is 0 Å². The molecule has 0 aromatic heterocycles. The highest BCUT2D eigenvalue weighted by atomic mass is 14.8. The standard InChI is InChI=1S/C7H6N2/c8-6-7-2-1-4-9-5-3-7/h1-5,9H. The van der Waals surface area contributed by atoms with Gasteiger partial charge in [-0.3, -0.25) is 0 Å². The number of nitriles is 1. The van der Waals surface area contributed by atoms with E-state index in [0.717, 1.165) is 0 Å². The van der Waals surface area contributed by atoms with Crippen molar-refractivity contribution in [1.82, 2.24) is 5.32 Å². The van der Waals surface area contributed by atoms with E-state index in [9.17, 15) is 0 Å². The molecule has 1 aliphatic rings. The lowest BCUT2D eigenvalue weighted by atomic mass is 10.3. The maximum absolute atomic E-state index is 8.38. The Morgan fingerprint density at radius 2 is 2.33 bits per heavy atom. The summed E-state index contributed by atoms with van der Waals surface area (Å²) in [5.74, 6) is 0.